The zero-order valence-electron chi connectivity index (χ0n) is 13.3. The van der Waals surface area contributed by atoms with Crippen molar-refractivity contribution in [3.05, 3.63) is 30.1 Å². The van der Waals surface area contributed by atoms with Gasteiger partial charge in [0.1, 0.15) is 0 Å². The number of carbonyl (C=O) groups is 2. The van der Waals surface area contributed by atoms with E-state index in [9.17, 15) is 9.59 Å². The Bertz CT molecular complexity index is 488. The SMILES string of the molecule is Cl.Cl.O=C(CCNC(=O)CC1CSCCN1)NCc1cccnc1. The van der Waals surface area contributed by atoms with Crippen LogP contribution in [0.2, 0.25) is 0 Å². The molecule has 2 rings (SSSR count). The van der Waals surface area contributed by atoms with Gasteiger partial charge in [-0.3, -0.25) is 14.6 Å². The summed E-state index contributed by atoms with van der Waals surface area (Å²) in [7, 11) is 0. The molecule has 0 radical (unpaired) electrons. The second-order valence-corrected chi connectivity index (χ2v) is 6.32. The fourth-order valence-corrected chi connectivity index (χ4v) is 3.10. The molecule has 24 heavy (non-hydrogen) atoms. The summed E-state index contributed by atoms with van der Waals surface area (Å²) < 4.78 is 0. The van der Waals surface area contributed by atoms with Gasteiger partial charge in [-0.05, 0) is 11.6 Å². The molecule has 0 aliphatic carbocycles. The Morgan fingerprint density at radius 1 is 1.29 bits per heavy atom. The molecule has 1 aliphatic rings. The van der Waals surface area contributed by atoms with Crippen molar-refractivity contribution < 1.29 is 9.59 Å². The molecule has 2 amide bonds. The Morgan fingerprint density at radius 2 is 2.12 bits per heavy atom. The molecule has 1 fully saturated rings. The van der Waals surface area contributed by atoms with Crippen molar-refractivity contribution in [3.8, 4) is 0 Å². The summed E-state index contributed by atoms with van der Waals surface area (Å²) in [6.07, 6.45) is 4.18. The lowest BCUT2D eigenvalue weighted by Gasteiger charge is -2.22. The third-order valence-corrected chi connectivity index (χ3v) is 4.45. The third kappa shape index (κ3) is 9.32. The molecule has 2 heterocycles. The average Bonchev–Trinajstić information content (AvgIpc) is 2.55. The van der Waals surface area contributed by atoms with Gasteiger partial charge in [0.2, 0.25) is 11.8 Å². The minimum absolute atomic E-state index is 0. The van der Waals surface area contributed by atoms with E-state index in [1.54, 1.807) is 12.4 Å². The van der Waals surface area contributed by atoms with E-state index in [0.29, 0.717) is 25.9 Å². The van der Waals surface area contributed by atoms with Crippen LogP contribution < -0.4 is 16.0 Å². The van der Waals surface area contributed by atoms with E-state index in [1.165, 1.54) is 0 Å². The van der Waals surface area contributed by atoms with E-state index in [-0.39, 0.29) is 42.7 Å². The maximum Gasteiger partial charge on any atom is 0.222 e. The van der Waals surface area contributed by atoms with Crippen LogP contribution >= 0.6 is 36.6 Å². The minimum atomic E-state index is -0.0736. The maximum absolute atomic E-state index is 11.8. The lowest BCUT2D eigenvalue weighted by Crippen LogP contribution is -2.41. The molecule has 136 valence electrons. The molecule has 1 aromatic rings. The lowest BCUT2D eigenvalue weighted by atomic mass is 10.2. The summed E-state index contributed by atoms with van der Waals surface area (Å²) in [5.74, 6) is 2.00. The number of nitrogens with one attached hydrogen (secondary N) is 3. The summed E-state index contributed by atoms with van der Waals surface area (Å²) in [4.78, 5) is 27.4. The van der Waals surface area contributed by atoms with Gasteiger partial charge >= 0.3 is 0 Å². The van der Waals surface area contributed by atoms with Crippen molar-refractivity contribution in [2.75, 3.05) is 24.6 Å². The molecule has 6 nitrogen and oxygen atoms in total. The molecule has 3 N–H and O–H groups in total. The first-order chi connectivity index (χ1) is 10.7. The smallest absolute Gasteiger partial charge is 0.222 e. The van der Waals surface area contributed by atoms with E-state index in [2.05, 4.69) is 20.9 Å². The Labute approximate surface area is 159 Å². The van der Waals surface area contributed by atoms with Crippen molar-refractivity contribution in [1.82, 2.24) is 20.9 Å². The van der Waals surface area contributed by atoms with E-state index in [4.69, 9.17) is 0 Å². The van der Waals surface area contributed by atoms with Crippen LogP contribution in [0.15, 0.2) is 24.5 Å². The van der Waals surface area contributed by atoms with Crippen LogP contribution in [-0.2, 0) is 16.1 Å². The molecule has 1 saturated heterocycles. The molecular formula is C15H24Cl2N4O2S. The fraction of sp³-hybridized carbons (Fsp3) is 0.533. The van der Waals surface area contributed by atoms with E-state index >= 15 is 0 Å². The predicted octanol–water partition coefficient (Wildman–Crippen LogP) is 1.14. The van der Waals surface area contributed by atoms with Crippen LogP contribution in [0.1, 0.15) is 18.4 Å². The molecule has 1 unspecified atom stereocenters. The van der Waals surface area contributed by atoms with Gasteiger partial charge in [0.25, 0.3) is 0 Å². The molecule has 0 saturated carbocycles. The molecule has 1 aromatic heterocycles. The Kier molecular flexibility index (Phi) is 12.7. The summed E-state index contributed by atoms with van der Waals surface area (Å²) in [5.41, 5.74) is 0.959. The quantitative estimate of drug-likeness (QED) is 0.645. The Morgan fingerprint density at radius 3 is 2.79 bits per heavy atom. The van der Waals surface area contributed by atoms with E-state index in [1.807, 2.05) is 23.9 Å². The topological polar surface area (TPSA) is 83.1 Å². The highest BCUT2D eigenvalue weighted by Gasteiger charge is 2.16. The number of pyridine rings is 1. The largest absolute Gasteiger partial charge is 0.356 e. The van der Waals surface area contributed by atoms with Gasteiger partial charge in [0.05, 0.1) is 0 Å². The van der Waals surface area contributed by atoms with E-state index in [0.717, 1.165) is 23.6 Å². The molecule has 9 heteroatoms. The predicted molar refractivity (Wildman–Crippen MR) is 102 cm³/mol. The number of hydrogen-bond donors (Lipinski definition) is 3. The second kappa shape index (κ2) is 13.3. The summed E-state index contributed by atoms with van der Waals surface area (Å²) in [6, 6.07) is 3.99. The van der Waals surface area contributed by atoms with Gasteiger partial charge < -0.3 is 16.0 Å². The number of halogens is 2. The van der Waals surface area contributed by atoms with Gasteiger partial charge in [-0.2, -0.15) is 11.8 Å². The van der Waals surface area contributed by atoms with Crippen LogP contribution in [-0.4, -0.2) is 47.4 Å². The average molecular weight is 395 g/mol. The molecule has 0 bridgehead atoms. The van der Waals surface area contributed by atoms with Gasteiger partial charge in [0, 0.05) is 62.4 Å². The van der Waals surface area contributed by atoms with Crippen LogP contribution in [0, 0.1) is 0 Å². The van der Waals surface area contributed by atoms with E-state index < -0.39 is 0 Å². The van der Waals surface area contributed by atoms with Crippen LogP contribution in [0.5, 0.6) is 0 Å². The number of hydrogen-bond acceptors (Lipinski definition) is 5. The summed E-state index contributed by atoms with van der Waals surface area (Å²) in [5, 5.41) is 8.93. The maximum atomic E-state index is 11.8. The zero-order chi connectivity index (χ0) is 15.6. The molecule has 0 aromatic carbocycles. The van der Waals surface area contributed by atoms with Crippen molar-refractivity contribution in [1.29, 1.82) is 0 Å². The lowest BCUT2D eigenvalue weighted by molar-refractivity contribution is -0.122. The van der Waals surface area contributed by atoms with Gasteiger partial charge in [-0.1, -0.05) is 6.07 Å². The molecule has 1 atom stereocenters. The number of carbonyl (C=O) groups excluding carboxylic acids is 2. The first-order valence-electron chi connectivity index (χ1n) is 7.47. The van der Waals surface area contributed by atoms with Crippen molar-refractivity contribution in [3.63, 3.8) is 0 Å². The Hall–Kier alpha value is -1.02. The fourth-order valence-electron chi connectivity index (χ4n) is 2.15. The molecular weight excluding hydrogens is 371 g/mol. The number of aromatic nitrogens is 1. The number of thioether (sulfide) groups is 1. The van der Waals surface area contributed by atoms with Crippen LogP contribution in [0.3, 0.4) is 0 Å². The first-order valence-corrected chi connectivity index (χ1v) is 8.63. The summed E-state index contributed by atoms with van der Waals surface area (Å²) >= 11 is 1.87. The first kappa shape index (κ1) is 23.0. The standard InChI is InChI=1S/C15H22N4O2S.2ClH/c20-14(19-10-12-2-1-4-16-9-12)3-5-18-15(21)8-13-11-22-7-6-17-13;;/h1-2,4,9,13,17H,3,5-8,10-11H2,(H,18,21)(H,19,20);2*1H. The van der Waals surface area contributed by atoms with Crippen molar-refractivity contribution in [2.24, 2.45) is 0 Å². The number of amides is 2. The highest BCUT2D eigenvalue weighted by atomic mass is 35.5. The van der Waals surface area contributed by atoms with Gasteiger partial charge in [-0.15, -0.1) is 24.8 Å². The van der Waals surface area contributed by atoms with Crippen molar-refractivity contribution in [2.45, 2.75) is 25.4 Å². The highest BCUT2D eigenvalue weighted by molar-refractivity contribution is 7.99. The van der Waals surface area contributed by atoms with Crippen LogP contribution in [0.4, 0.5) is 0 Å². The monoisotopic (exact) mass is 394 g/mol. The Balaban J connectivity index is 0.00000264. The van der Waals surface area contributed by atoms with Gasteiger partial charge in [0.15, 0.2) is 0 Å². The van der Waals surface area contributed by atoms with Crippen LogP contribution in [0.25, 0.3) is 0 Å². The van der Waals surface area contributed by atoms with Gasteiger partial charge in [-0.25, -0.2) is 0 Å². The molecule has 1 aliphatic heterocycles. The normalized spacial score (nSPS) is 16.2. The third-order valence-electron chi connectivity index (χ3n) is 3.32. The zero-order valence-corrected chi connectivity index (χ0v) is 15.8. The highest BCUT2D eigenvalue weighted by Crippen LogP contribution is 2.09. The summed E-state index contributed by atoms with van der Waals surface area (Å²) in [6.45, 7) is 1.79. The molecule has 0 spiro atoms. The number of rotatable bonds is 7. The minimum Gasteiger partial charge on any atom is -0.356 e. The number of nitrogens with zero attached hydrogens (tertiary/aromatic N) is 1. The van der Waals surface area contributed by atoms with Crippen molar-refractivity contribution >= 4 is 48.4 Å². The second-order valence-electron chi connectivity index (χ2n) is 5.17.